The standard InChI is InChI=1S/C18H16N4O4/c23-18(20-10-13-2-1-7-24-13)14-4-6-17(22-21-14)19-9-12-3-5-15-16(8-12)26-11-25-15/h1-8H,9-11H2,(H,19,22)(H,20,23). The largest absolute Gasteiger partial charge is 0.467 e. The lowest BCUT2D eigenvalue weighted by atomic mass is 10.2. The second-order valence-corrected chi connectivity index (χ2v) is 5.61. The zero-order valence-electron chi connectivity index (χ0n) is 13.8. The molecule has 2 N–H and O–H groups in total. The van der Waals surface area contributed by atoms with Crippen LogP contribution in [0.1, 0.15) is 21.8 Å². The van der Waals surface area contributed by atoms with Gasteiger partial charge in [-0.25, -0.2) is 0 Å². The van der Waals surface area contributed by atoms with Gasteiger partial charge in [0.1, 0.15) is 11.6 Å². The van der Waals surface area contributed by atoms with Crippen molar-refractivity contribution >= 4 is 11.7 Å². The van der Waals surface area contributed by atoms with Crippen molar-refractivity contribution in [2.45, 2.75) is 13.1 Å². The number of hydrogen-bond acceptors (Lipinski definition) is 7. The number of furan rings is 1. The number of benzene rings is 1. The first kappa shape index (κ1) is 15.9. The highest BCUT2D eigenvalue weighted by Gasteiger charge is 2.13. The molecule has 3 heterocycles. The fraction of sp³-hybridized carbons (Fsp3) is 0.167. The maximum atomic E-state index is 12.0. The molecule has 0 atom stereocenters. The fourth-order valence-electron chi connectivity index (χ4n) is 2.46. The summed E-state index contributed by atoms with van der Waals surface area (Å²) in [6.45, 7) is 1.11. The fourth-order valence-corrected chi connectivity index (χ4v) is 2.46. The van der Waals surface area contributed by atoms with E-state index in [0.717, 1.165) is 17.1 Å². The highest BCUT2D eigenvalue weighted by atomic mass is 16.7. The lowest BCUT2D eigenvalue weighted by molar-refractivity contribution is 0.0942. The first-order valence-corrected chi connectivity index (χ1v) is 8.05. The molecule has 0 saturated heterocycles. The van der Waals surface area contributed by atoms with Crippen molar-refractivity contribution in [3.8, 4) is 11.5 Å². The molecular weight excluding hydrogens is 336 g/mol. The van der Waals surface area contributed by atoms with Gasteiger partial charge in [0, 0.05) is 6.54 Å². The van der Waals surface area contributed by atoms with E-state index in [1.54, 1.807) is 30.5 Å². The Morgan fingerprint density at radius 2 is 1.96 bits per heavy atom. The lowest BCUT2D eigenvalue weighted by Crippen LogP contribution is -2.24. The van der Waals surface area contributed by atoms with Crippen LogP contribution in [0.5, 0.6) is 11.5 Å². The normalized spacial score (nSPS) is 12.0. The van der Waals surface area contributed by atoms with E-state index in [2.05, 4.69) is 20.8 Å². The molecule has 1 amide bonds. The number of amides is 1. The number of carbonyl (C=O) groups excluding carboxylic acids is 1. The molecule has 0 unspecified atom stereocenters. The van der Waals surface area contributed by atoms with E-state index >= 15 is 0 Å². The Morgan fingerprint density at radius 3 is 2.77 bits per heavy atom. The highest BCUT2D eigenvalue weighted by molar-refractivity contribution is 5.92. The maximum absolute atomic E-state index is 12.0. The lowest BCUT2D eigenvalue weighted by Gasteiger charge is -2.07. The Morgan fingerprint density at radius 1 is 1.04 bits per heavy atom. The SMILES string of the molecule is O=C(NCc1ccco1)c1ccc(NCc2ccc3c(c2)OCO3)nn1. The first-order chi connectivity index (χ1) is 12.8. The first-order valence-electron chi connectivity index (χ1n) is 8.05. The van der Waals surface area contributed by atoms with Crippen molar-refractivity contribution in [1.82, 2.24) is 15.5 Å². The molecule has 0 radical (unpaired) electrons. The van der Waals surface area contributed by atoms with Gasteiger partial charge in [0.05, 0.1) is 12.8 Å². The number of aromatic nitrogens is 2. The molecule has 1 aliphatic heterocycles. The zero-order chi connectivity index (χ0) is 17.8. The van der Waals surface area contributed by atoms with Gasteiger partial charge in [0.25, 0.3) is 5.91 Å². The Hall–Kier alpha value is -3.55. The molecule has 0 aliphatic carbocycles. The Kier molecular flexibility index (Phi) is 4.38. The van der Waals surface area contributed by atoms with E-state index in [0.29, 0.717) is 24.7 Å². The van der Waals surface area contributed by atoms with Gasteiger partial charge in [-0.05, 0) is 42.0 Å². The molecule has 0 spiro atoms. The molecule has 3 aromatic rings. The van der Waals surface area contributed by atoms with E-state index in [9.17, 15) is 4.79 Å². The van der Waals surface area contributed by atoms with Crippen molar-refractivity contribution < 1.29 is 18.7 Å². The third-order valence-corrected chi connectivity index (χ3v) is 3.81. The summed E-state index contributed by atoms with van der Waals surface area (Å²) in [4.78, 5) is 12.0. The number of nitrogens with one attached hydrogen (secondary N) is 2. The number of ether oxygens (including phenoxy) is 2. The van der Waals surface area contributed by atoms with Crippen LogP contribution in [0, 0.1) is 0 Å². The Balaban J connectivity index is 1.31. The summed E-state index contributed by atoms with van der Waals surface area (Å²) in [7, 11) is 0. The average Bonchev–Trinajstić information content (AvgIpc) is 3.36. The van der Waals surface area contributed by atoms with Crippen molar-refractivity contribution in [2.24, 2.45) is 0 Å². The van der Waals surface area contributed by atoms with E-state index in [-0.39, 0.29) is 18.4 Å². The van der Waals surface area contributed by atoms with Gasteiger partial charge >= 0.3 is 0 Å². The van der Waals surface area contributed by atoms with Crippen LogP contribution < -0.4 is 20.1 Å². The van der Waals surface area contributed by atoms with E-state index in [4.69, 9.17) is 13.9 Å². The minimum absolute atomic E-state index is 0.241. The molecule has 0 saturated carbocycles. The summed E-state index contributed by atoms with van der Waals surface area (Å²) in [5.41, 5.74) is 1.27. The molecule has 8 nitrogen and oxygen atoms in total. The smallest absolute Gasteiger partial charge is 0.272 e. The number of nitrogens with zero attached hydrogens (tertiary/aromatic N) is 2. The summed E-state index contributed by atoms with van der Waals surface area (Å²) in [6.07, 6.45) is 1.56. The Bertz CT molecular complexity index is 894. The number of fused-ring (bicyclic) bond motifs is 1. The minimum atomic E-state index is -0.309. The predicted molar refractivity (Wildman–Crippen MR) is 91.8 cm³/mol. The van der Waals surface area contributed by atoms with Crippen LogP contribution in [0.25, 0.3) is 0 Å². The third-order valence-electron chi connectivity index (χ3n) is 3.81. The number of anilines is 1. The van der Waals surface area contributed by atoms with Gasteiger partial charge in [-0.2, -0.15) is 0 Å². The van der Waals surface area contributed by atoms with Crippen LogP contribution >= 0.6 is 0 Å². The molecule has 1 aromatic carbocycles. The summed E-state index contributed by atoms with van der Waals surface area (Å²) in [5.74, 6) is 2.42. The maximum Gasteiger partial charge on any atom is 0.272 e. The summed E-state index contributed by atoms with van der Waals surface area (Å²) in [5, 5.41) is 13.9. The van der Waals surface area contributed by atoms with Gasteiger partial charge in [0.2, 0.25) is 6.79 Å². The third kappa shape index (κ3) is 3.59. The van der Waals surface area contributed by atoms with Gasteiger partial charge in [-0.1, -0.05) is 6.07 Å². The van der Waals surface area contributed by atoms with Crippen molar-refractivity contribution in [3.05, 3.63) is 65.7 Å². The summed E-state index contributed by atoms with van der Waals surface area (Å²) < 4.78 is 15.8. The van der Waals surface area contributed by atoms with Crippen LogP contribution in [0.4, 0.5) is 5.82 Å². The van der Waals surface area contributed by atoms with Gasteiger partial charge in [0.15, 0.2) is 17.2 Å². The number of hydrogen-bond donors (Lipinski definition) is 2. The molecular formula is C18H16N4O4. The van der Waals surface area contributed by atoms with Crippen LogP contribution in [0.15, 0.2) is 53.1 Å². The van der Waals surface area contributed by atoms with Gasteiger partial charge < -0.3 is 24.5 Å². The monoisotopic (exact) mass is 352 g/mol. The summed E-state index contributed by atoms with van der Waals surface area (Å²) >= 11 is 0. The highest BCUT2D eigenvalue weighted by Crippen LogP contribution is 2.32. The molecule has 8 heteroatoms. The second kappa shape index (κ2) is 7.14. The molecule has 1 aliphatic rings. The quantitative estimate of drug-likeness (QED) is 0.702. The van der Waals surface area contributed by atoms with Crippen molar-refractivity contribution in [2.75, 3.05) is 12.1 Å². The van der Waals surface area contributed by atoms with Crippen molar-refractivity contribution in [1.29, 1.82) is 0 Å². The van der Waals surface area contributed by atoms with Crippen LogP contribution in [0.3, 0.4) is 0 Å². The average molecular weight is 352 g/mol. The van der Waals surface area contributed by atoms with Crippen molar-refractivity contribution in [3.63, 3.8) is 0 Å². The van der Waals surface area contributed by atoms with Crippen LogP contribution in [-0.4, -0.2) is 22.9 Å². The number of carbonyl (C=O) groups is 1. The molecule has 0 fully saturated rings. The molecule has 132 valence electrons. The minimum Gasteiger partial charge on any atom is -0.467 e. The van der Waals surface area contributed by atoms with E-state index < -0.39 is 0 Å². The number of rotatable bonds is 6. The van der Waals surface area contributed by atoms with Crippen LogP contribution in [-0.2, 0) is 13.1 Å². The summed E-state index contributed by atoms with van der Waals surface area (Å²) in [6, 6.07) is 12.6. The van der Waals surface area contributed by atoms with Gasteiger partial charge in [-0.3, -0.25) is 4.79 Å². The molecule has 2 aromatic heterocycles. The van der Waals surface area contributed by atoms with E-state index in [1.165, 1.54) is 0 Å². The van der Waals surface area contributed by atoms with E-state index in [1.807, 2.05) is 18.2 Å². The Labute approximate surface area is 149 Å². The molecule has 26 heavy (non-hydrogen) atoms. The molecule has 0 bridgehead atoms. The second-order valence-electron chi connectivity index (χ2n) is 5.61. The van der Waals surface area contributed by atoms with Gasteiger partial charge in [-0.15, -0.1) is 10.2 Å². The topological polar surface area (TPSA) is 98.5 Å². The molecule has 4 rings (SSSR count). The zero-order valence-corrected chi connectivity index (χ0v) is 13.8. The van der Waals surface area contributed by atoms with Crippen LogP contribution in [0.2, 0.25) is 0 Å². The predicted octanol–water partition coefficient (Wildman–Crippen LogP) is 2.34.